The maximum absolute atomic E-state index is 12.2. The normalized spacial score (nSPS) is 11.7. The molecule has 0 aliphatic carbocycles. The van der Waals surface area contributed by atoms with Gasteiger partial charge in [-0.1, -0.05) is 29.8 Å². The van der Waals surface area contributed by atoms with Gasteiger partial charge in [-0.25, -0.2) is 13.1 Å². The molecule has 2 aromatic rings. The minimum absolute atomic E-state index is 0.349. The van der Waals surface area contributed by atoms with Crippen molar-refractivity contribution < 1.29 is 8.42 Å². The van der Waals surface area contributed by atoms with Crippen molar-refractivity contribution in [2.24, 2.45) is 0 Å². The maximum atomic E-state index is 12.2. The molecule has 0 unspecified atom stereocenters. The Morgan fingerprint density at radius 1 is 1.24 bits per heavy atom. The van der Waals surface area contributed by atoms with E-state index in [2.05, 4.69) is 16.1 Å². The Hall–Kier alpha value is -1.21. The SMILES string of the molecule is CNCc1cc(S(=O)(=O)NCCc2cccc(C)c2)cs1. The van der Waals surface area contributed by atoms with E-state index in [0.29, 0.717) is 24.4 Å². The molecule has 0 aliphatic rings. The van der Waals surface area contributed by atoms with E-state index in [-0.39, 0.29) is 0 Å². The number of rotatable bonds is 7. The van der Waals surface area contributed by atoms with Crippen LogP contribution < -0.4 is 10.0 Å². The van der Waals surface area contributed by atoms with Gasteiger partial charge < -0.3 is 5.32 Å². The third-order valence-electron chi connectivity index (χ3n) is 3.08. The lowest BCUT2D eigenvalue weighted by Gasteiger charge is -2.06. The second kappa shape index (κ2) is 7.17. The molecular formula is C15H20N2O2S2. The number of benzene rings is 1. The molecule has 1 aromatic heterocycles. The zero-order chi connectivity index (χ0) is 15.3. The average Bonchev–Trinajstić information content (AvgIpc) is 2.88. The average molecular weight is 324 g/mol. The van der Waals surface area contributed by atoms with E-state index in [9.17, 15) is 8.42 Å². The second-order valence-corrected chi connectivity index (χ2v) is 7.68. The Morgan fingerprint density at radius 2 is 2.05 bits per heavy atom. The molecule has 1 heterocycles. The van der Waals surface area contributed by atoms with Gasteiger partial charge in [0.15, 0.2) is 0 Å². The summed E-state index contributed by atoms with van der Waals surface area (Å²) in [4.78, 5) is 1.36. The molecule has 2 rings (SSSR count). The van der Waals surface area contributed by atoms with Gasteiger partial charge in [0, 0.05) is 23.3 Å². The number of hydrogen-bond donors (Lipinski definition) is 2. The van der Waals surface area contributed by atoms with Gasteiger partial charge in [0.25, 0.3) is 0 Å². The molecule has 0 radical (unpaired) electrons. The van der Waals surface area contributed by atoms with E-state index < -0.39 is 10.0 Å². The Bertz CT molecular complexity index is 693. The number of hydrogen-bond acceptors (Lipinski definition) is 4. The van der Waals surface area contributed by atoms with Crippen LogP contribution in [0.5, 0.6) is 0 Å². The van der Waals surface area contributed by atoms with Crippen molar-refractivity contribution in [3.63, 3.8) is 0 Å². The summed E-state index contributed by atoms with van der Waals surface area (Å²) < 4.78 is 27.0. The molecule has 0 aliphatic heterocycles. The highest BCUT2D eigenvalue weighted by atomic mass is 32.2. The monoisotopic (exact) mass is 324 g/mol. The Kier molecular flexibility index (Phi) is 5.52. The van der Waals surface area contributed by atoms with Crippen molar-refractivity contribution in [3.8, 4) is 0 Å². The highest BCUT2D eigenvalue weighted by Crippen LogP contribution is 2.19. The van der Waals surface area contributed by atoms with E-state index >= 15 is 0 Å². The highest BCUT2D eigenvalue weighted by molar-refractivity contribution is 7.89. The predicted octanol–water partition coefficient (Wildman–Crippen LogP) is 2.30. The first kappa shape index (κ1) is 16.2. The van der Waals surface area contributed by atoms with Crippen molar-refractivity contribution in [1.82, 2.24) is 10.0 Å². The Balaban J connectivity index is 1.94. The second-order valence-electron chi connectivity index (χ2n) is 4.92. The molecule has 0 spiro atoms. The quantitative estimate of drug-likeness (QED) is 0.821. The van der Waals surface area contributed by atoms with Crippen LogP contribution in [0.2, 0.25) is 0 Å². The van der Waals surface area contributed by atoms with Gasteiger partial charge >= 0.3 is 0 Å². The summed E-state index contributed by atoms with van der Waals surface area (Å²) in [6, 6.07) is 9.82. The largest absolute Gasteiger partial charge is 0.315 e. The third-order valence-corrected chi connectivity index (χ3v) is 5.61. The molecule has 0 amide bonds. The van der Waals surface area contributed by atoms with E-state index in [1.54, 1.807) is 11.4 Å². The zero-order valence-electron chi connectivity index (χ0n) is 12.2. The number of nitrogens with one attached hydrogen (secondary N) is 2. The summed E-state index contributed by atoms with van der Waals surface area (Å²) >= 11 is 1.45. The lowest BCUT2D eigenvalue weighted by atomic mass is 10.1. The summed E-state index contributed by atoms with van der Waals surface area (Å²) in [7, 11) is -1.56. The molecule has 1 aromatic carbocycles. The molecule has 0 atom stereocenters. The van der Waals surface area contributed by atoms with Crippen LogP contribution in [0.1, 0.15) is 16.0 Å². The molecule has 0 fully saturated rings. The van der Waals surface area contributed by atoms with Crippen molar-refractivity contribution in [2.45, 2.75) is 24.8 Å². The standard InChI is InChI=1S/C15H20N2O2S2/c1-12-4-3-5-13(8-12)6-7-17-21(18,19)15-9-14(10-16-2)20-11-15/h3-5,8-9,11,16-17H,6-7,10H2,1-2H3. The lowest BCUT2D eigenvalue weighted by Crippen LogP contribution is -2.25. The molecule has 21 heavy (non-hydrogen) atoms. The molecular weight excluding hydrogens is 304 g/mol. The number of thiophene rings is 1. The van der Waals surface area contributed by atoms with Crippen LogP contribution >= 0.6 is 11.3 Å². The zero-order valence-corrected chi connectivity index (χ0v) is 13.9. The molecule has 6 heteroatoms. The van der Waals surface area contributed by atoms with Gasteiger partial charge in [-0.05, 0) is 32.0 Å². The Morgan fingerprint density at radius 3 is 2.76 bits per heavy atom. The fourth-order valence-corrected chi connectivity index (χ4v) is 4.37. The first-order chi connectivity index (χ1) is 10.0. The van der Waals surface area contributed by atoms with Crippen molar-refractivity contribution in [1.29, 1.82) is 0 Å². The highest BCUT2D eigenvalue weighted by Gasteiger charge is 2.15. The van der Waals surface area contributed by atoms with E-state index in [1.165, 1.54) is 16.9 Å². The fourth-order valence-electron chi connectivity index (χ4n) is 2.05. The maximum Gasteiger partial charge on any atom is 0.241 e. The van der Waals surface area contributed by atoms with E-state index in [1.807, 2.05) is 32.2 Å². The Labute approximate surface area is 130 Å². The molecule has 2 N–H and O–H groups in total. The van der Waals surface area contributed by atoms with Crippen LogP contribution in [-0.4, -0.2) is 22.0 Å². The summed E-state index contributed by atoms with van der Waals surface area (Å²) in [6.45, 7) is 3.12. The van der Waals surface area contributed by atoms with Gasteiger partial charge in [-0.15, -0.1) is 11.3 Å². The fraction of sp³-hybridized carbons (Fsp3) is 0.333. The summed E-state index contributed by atoms with van der Waals surface area (Å²) in [5, 5.41) is 4.70. The van der Waals surface area contributed by atoms with Gasteiger partial charge in [0.2, 0.25) is 10.0 Å². The predicted molar refractivity (Wildman–Crippen MR) is 87.2 cm³/mol. The molecule has 0 saturated heterocycles. The minimum Gasteiger partial charge on any atom is -0.315 e. The first-order valence-electron chi connectivity index (χ1n) is 6.78. The van der Waals surface area contributed by atoms with Crippen LogP contribution in [0, 0.1) is 6.92 Å². The van der Waals surface area contributed by atoms with Crippen LogP contribution in [0.15, 0.2) is 40.6 Å². The lowest BCUT2D eigenvalue weighted by molar-refractivity contribution is 0.582. The third kappa shape index (κ3) is 4.64. The molecule has 0 bridgehead atoms. The van der Waals surface area contributed by atoms with E-state index in [0.717, 1.165) is 10.4 Å². The van der Waals surface area contributed by atoms with Gasteiger partial charge in [-0.3, -0.25) is 0 Å². The van der Waals surface area contributed by atoms with Crippen molar-refractivity contribution in [2.75, 3.05) is 13.6 Å². The molecule has 4 nitrogen and oxygen atoms in total. The topological polar surface area (TPSA) is 58.2 Å². The summed E-state index contributed by atoms with van der Waals surface area (Å²) in [5.41, 5.74) is 2.32. The summed E-state index contributed by atoms with van der Waals surface area (Å²) in [6.07, 6.45) is 0.689. The minimum atomic E-state index is -3.41. The first-order valence-corrected chi connectivity index (χ1v) is 9.15. The summed E-state index contributed by atoms with van der Waals surface area (Å²) in [5.74, 6) is 0. The van der Waals surface area contributed by atoms with E-state index in [4.69, 9.17) is 0 Å². The van der Waals surface area contributed by atoms with Crippen LogP contribution in [0.4, 0.5) is 0 Å². The van der Waals surface area contributed by atoms with Crippen LogP contribution in [0.25, 0.3) is 0 Å². The van der Waals surface area contributed by atoms with Gasteiger partial charge in [-0.2, -0.15) is 0 Å². The van der Waals surface area contributed by atoms with Crippen molar-refractivity contribution >= 4 is 21.4 Å². The molecule has 114 valence electrons. The molecule has 0 saturated carbocycles. The number of aryl methyl sites for hydroxylation is 1. The smallest absolute Gasteiger partial charge is 0.241 e. The van der Waals surface area contributed by atoms with Crippen LogP contribution in [0.3, 0.4) is 0 Å². The van der Waals surface area contributed by atoms with Gasteiger partial charge in [0.1, 0.15) is 0 Å². The number of sulfonamides is 1. The van der Waals surface area contributed by atoms with Crippen LogP contribution in [-0.2, 0) is 23.0 Å². The van der Waals surface area contributed by atoms with Crippen molar-refractivity contribution in [3.05, 3.63) is 51.7 Å². The van der Waals surface area contributed by atoms with Gasteiger partial charge in [0.05, 0.1) is 4.90 Å².